The lowest BCUT2D eigenvalue weighted by molar-refractivity contribution is 0.0358. The third kappa shape index (κ3) is 5.31. The van der Waals surface area contributed by atoms with Crippen LogP contribution in [0.2, 0.25) is 0 Å². The molecule has 0 bridgehead atoms. The summed E-state index contributed by atoms with van der Waals surface area (Å²) >= 11 is 0. The van der Waals surface area contributed by atoms with E-state index in [0.717, 1.165) is 30.2 Å². The van der Waals surface area contributed by atoms with Gasteiger partial charge in [0.05, 0.1) is 33.4 Å². The predicted molar refractivity (Wildman–Crippen MR) is 133 cm³/mol. The molecule has 3 aromatic rings. The molecular weight excluding hydrogens is 524 g/mol. The summed E-state index contributed by atoms with van der Waals surface area (Å²) in [5.74, 6) is -2.14. The first-order chi connectivity index (χ1) is 18.2. The van der Waals surface area contributed by atoms with E-state index in [9.17, 15) is 22.0 Å². The van der Waals surface area contributed by atoms with Crippen LogP contribution in [0.5, 0.6) is 0 Å². The highest BCUT2D eigenvalue weighted by Crippen LogP contribution is 2.22. The number of rotatable bonds is 7. The number of aliphatic imine (C=N–C) groups is 1. The first-order valence-corrected chi connectivity index (χ1v) is 13.2. The summed E-state index contributed by atoms with van der Waals surface area (Å²) in [7, 11) is -3.14. The van der Waals surface area contributed by atoms with Crippen molar-refractivity contribution in [2.75, 3.05) is 46.5 Å². The van der Waals surface area contributed by atoms with Gasteiger partial charge in [0, 0.05) is 43.7 Å². The molecule has 0 unspecified atom stereocenters. The largest absolute Gasteiger partial charge is 0.467 e. The van der Waals surface area contributed by atoms with Gasteiger partial charge in [-0.05, 0) is 29.8 Å². The van der Waals surface area contributed by atoms with Crippen molar-refractivity contribution in [2.45, 2.75) is 11.4 Å². The number of halogens is 2. The van der Waals surface area contributed by atoms with Gasteiger partial charge in [0.15, 0.2) is 5.65 Å². The van der Waals surface area contributed by atoms with Crippen molar-refractivity contribution in [3.63, 3.8) is 0 Å². The zero-order valence-corrected chi connectivity index (χ0v) is 21.2. The van der Waals surface area contributed by atoms with Gasteiger partial charge in [0.25, 0.3) is 10.0 Å². The molecule has 0 saturated carbocycles. The Bertz CT molecular complexity index is 1580. The van der Waals surface area contributed by atoms with Crippen LogP contribution in [0.4, 0.5) is 8.78 Å². The number of hydrogen-bond acceptors (Lipinski definition) is 9. The number of aromatic nitrogens is 3. The van der Waals surface area contributed by atoms with Gasteiger partial charge in [-0.25, -0.2) is 41.1 Å². The molecule has 1 fully saturated rings. The Labute approximate surface area is 216 Å². The molecule has 0 atom stereocenters. The highest BCUT2D eigenvalue weighted by Gasteiger charge is 2.28. The van der Waals surface area contributed by atoms with Crippen LogP contribution in [-0.2, 0) is 26.0 Å². The maximum absolute atomic E-state index is 14.2. The topological polar surface area (TPSA) is 123 Å². The van der Waals surface area contributed by atoms with E-state index in [1.54, 1.807) is 18.3 Å². The number of nitrogens with zero attached hydrogens (tertiary/aromatic N) is 6. The SMILES string of the molecule is COC1=NC=C(c2ccc3nn(CCN4CCOCC4)c(=O)n3c2)CN1NS(=O)(=O)c1ccc(F)cc1F. The second-order valence-corrected chi connectivity index (χ2v) is 10.3. The lowest BCUT2D eigenvalue weighted by atomic mass is 10.1. The average Bonchev–Trinajstić information content (AvgIpc) is 3.22. The van der Waals surface area contributed by atoms with Crippen LogP contribution in [-0.4, -0.2) is 85.0 Å². The number of ether oxygens (including phenoxy) is 2. The number of benzene rings is 1. The van der Waals surface area contributed by atoms with Crippen molar-refractivity contribution in [2.24, 2.45) is 4.99 Å². The highest BCUT2D eigenvalue weighted by atomic mass is 32.2. The molecule has 0 amide bonds. The van der Waals surface area contributed by atoms with Crippen LogP contribution < -0.4 is 10.5 Å². The van der Waals surface area contributed by atoms with E-state index in [1.165, 1.54) is 22.4 Å². The number of methoxy groups -OCH3 is 1. The number of sulfonamides is 1. The fourth-order valence-corrected chi connectivity index (χ4v) is 5.28. The molecule has 4 heterocycles. The molecule has 2 aromatic heterocycles. The molecule has 0 radical (unpaired) electrons. The highest BCUT2D eigenvalue weighted by molar-refractivity contribution is 7.89. The summed E-state index contributed by atoms with van der Waals surface area (Å²) in [5, 5.41) is 5.47. The molecule has 12 nitrogen and oxygen atoms in total. The molecule has 15 heteroatoms. The van der Waals surface area contributed by atoms with Gasteiger partial charge in [-0.3, -0.25) is 4.90 Å². The van der Waals surface area contributed by atoms with E-state index in [1.807, 2.05) is 0 Å². The zero-order valence-electron chi connectivity index (χ0n) is 20.4. The Morgan fingerprint density at radius 3 is 2.66 bits per heavy atom. The van der Waals surface area contributed by atoms with Crippen LogP contribution in [0, 0.1) is 11.6 Å². The summed E-state index contributed by atoms with van der Waals surface area (Å²) in [4.78, 5) is 20.8. The molecule has 0 aliphatic carbocycles. The van der Waals surface area contributed by atoms with Crippen LogP contribution in [0.1, 0.15) is 5.56 Å². The first kappa shape index (κ1) is 26.0. The average molecular weight is 550 g/mol. The van der Waals surface area contributed by atoms with Gasteiger partial charge >= 0.3 is 11.7 Å². The minimum atomic E-state index is -4.44. The molecule has 2 aliphatic heterocycles. The van der Waals surface area contributed by atoms with Gasteiger partial charge in [-0.2, -0.15) is 0 Å². The van der Waals surface area contributed by atoms with E-state index in [0.29, 0.717) is 49.2 Å². The van der Waals surface area contributed by atoms with Crippen molar-refractivity contribution in [1.82, 2.24) is 28.9 Å². The van der Waals surface area contributed by atoms with Crippen molar-refractivity contribution < 1.29 is 26.7 Å². The van der Waals surface area contributed by atoms with Crippen molar-refractivity contribution in [3.8, 4) is 0 Å². The van der Waals surface area contributed by atoms with Crippen LogP contribution in [0.3, 0.4) is 0 Å². The van der Waals surface area contributed by atoms with Gasteiger partial charge in [0.2, 0.25) is 0 Å². The normalized spacial score (nSPS) is 17.0. The molecule has 202 valence electrons. The summed E-state index contributed by atoms with van der Waals surface area (Å²) < 4.78 is 66.4. The molecule has 38 heavy (non-hydrogen) atoms. The van der Waals surface area contributed by atoms with Crippen molar-refractivity contribution in [1.29, 1.82) is 0 Å². The number of hydrogen-bond donors (Lipinski definition) is 1. The van der Waals surface area contributed by atoms with Crippen LogP contribution >= 0.6 is 0 Å². The zero-order chi connectivity index (χ0) is 26.9. The molecule has 1 saturated heterocycles. The summed E-state index contributed by atoms with van der Waals surface area (Å²) in [6.45, 7) is 3.98. The minimum absolute atomic E-state index is 0.0554. The fourth-order valence-electron chi connectivity index (χ4n) is 4.18. The molecule has 0 spiro atoms. The summed E-state index contributed by atoms with van der Waals surface area (Å²) in [6, 6.07) is 5.48. The minimum Gasteiger partial charge on any atom is -0.467 e. The predicted octanol–water partition coefficient (Wildman–Crippen LogP) is 0.659. The Hall–Kier alpha value is -3.66. The second kappa shape index (κ2) is 10.6. The van der Waals surface area contributed by atoms with Gasteiger partial charge in [-0.1, -0.05) is 0 Å². The maximum atomic E-state index is 14.2. The number of morpholine rings is 1. The fraction of sp³-hybridized carbons (Fsp3) is 0.348. The Morgan fingerprint density at radius 2 is 1.92 bits per heavy atom. The standard InChI is InChI=1S/C23H25F2N7O5S/c1-36-22-26-13-17(15-32(22)28-38(34,35)20-4-3-18(24)12-19(20)25)16-2-5-21-27-31(23(33)30(21)14-16)7-6-29-8-10-37-11-9-29/h2-5,12-14,28H,6-11,15H2,1H3. The smallest absolute Gasteiger partial charge is 0.350 e. The number of hydrazine groups is 1. The molecule has 5 rings (SSSR count). The third-order valence-corrected chi connectivity index (χ3v) is 7.54. The number of nitrogens with one attached hydrogen (secondary N) is 1. The van der Waals surface area contributed by atoms with Gasteiger partial charge in [0.1, 0.15) is 16.5 Å². The quantitative estimate of drug-likeness (QED) is 0.456. The van der Waals surface area contributed by atoms with Crippen molar-refractivity contribution >= 4 is 27.3 Å². The Kier molecular flexibility index (Phi) is 7.25. The molecule has 1 aromatic carbocycles. The first-order valence-electron chi connectivity index (χ1n) is 11.7. The van der Waals surface area contributed by atoms with E-state index < -0.39 is 26.6 Å². The lowest BCUT2D eigenvalue weighted by Crippen LogP contribution is -2.48. The summed E-state index contributed by atoms with van der Waals surface area (Å²) in [5.41, 5.74) is 1.28. The van der Waals surface area contributed by atoms with E-state index in [2.05, 4.69) is 19.8 Å². The maximum Gasteiger partial charge on any atom is 0.350 e. The summed E-state index contributed by atoms with van der Waals surface area (Å²) in [6.07, 6.45) is 3.08. The Balaban J connectivity index is 1.36. The molecular formula is C23H25F2N7O5S. The van der Waals surface area contributed by atoms with Gasteiger partial charge in [-0.15, -0.1) is 9.93 Å². The van der Waals surface area contributed by atoms with Crippen LogP contribution in [0.25, 0.3) is 11.2 Å². The number of fused-ring (bicyclic) bond motifs is 1. The third-order valence-electron chi connectivity index (χ3n) is 6.17. The van der Waals surface area contributed by atoms with E-state index in [4.69, 9.17) is 9.47 Å². The molecule has 1 N–H and O–H groups in total. The van der Waals surface area contributed by atoms with Crippen molar-refractivity contribution in [3.05, 3.63) is 70.4 Å². The van der Waals surface area contributed by atoms with E-state index >= 15 is 0 Å². The number of amidine groups is 1. The lowest BCUT2D eigenvalue weighted by Gasteiger charge is -2.28. The monoisotopic (exact) mass is 549 g/mol. The second-order valence-electron chi connectivity index (χ2n) is 8.63. The Morgan fingerprint density at radius 1 is 1.13 bits per heavy atom. The van der Waals surface area contributed by atoms with E-state index in [-0.39, 0.29) is 18.3 Å². The number of pyridine rings is 1. The van der Waals surface area contributed by atoms with Crippen LogP contribution in [0.15, 0.2) is 57.4 Å². The van der Waals surface area contributed by atoms with Gasteiger partial charge < -0.3 is 9.47 Å². The molecule has 2 aliphatic rings.